The minimum Gasteiger partial charge on any atom is -0.350 e. The average molecular weight is 455 g/mol. The van der Waals surface area contributed by atoms with Gasteiger partial charge in [-0.1, -0.05) is 44.2 Å². The highest BCUT2D eigenvalue weighted by Crippen LogP contribution is 2.14. The molecule has 0 aliphatic carbocycles. The van der Waals surface area contributed by atoms with Gasteiger partial charge in [0.05, 0.1) is 12.2 Å². The van der Waals surface area contributed by atoms with Crippen molar-refractivity contribution in [2.24, 2.45) is 5.92 Å². The predicted molar refractivity (Wildman–Crippen MR) is 122 cm³/mol. The molecule has 1 aromatic heterocycles. The first kappa shape index (κ1) is 24.1. The Bertz CT molecular complexity index is 1140. The molecule has 8 heteroatoms. The molecule has 174 valence electrons. The van der Waals surface area contributed by atoms with Crippen LogP contribution in [-0.2, 0) is 17.9 Å². The quantitative estimate of drug-likeness (QED) is 0.542. The summed E-state index contributed by atoms with van der Waals surface area (Å²) in [5.74, 6) is -3.64. The molecule has 2 aromatic carbocycles. The molecule has 0 fully saturated rings. The third-order valence-corrected chi connectivity index (χ3v) is 5.32. The Balaban J connectivity index is 1.65. The van der Waals surface area contributed by atoms with E-state index < -0.39 is 35.1 Å². The van der Waals surface area contributed by atoms with Crippen molar-refractivity contribution in [2.75, 3.05) is 0 Å². The monoisotopic (exact) mass is 454 g/mol. The summed E-state index contributed by atoms with van der Waals surface area (Å²) >= 11 is 0. The van der Waals surface area contributed by atoms with Gasteiger partial charge in [-0.3, -0.25) is 14.3 Å². The van der Waals surface area contributed by atoms with E-state index in [1.807, 2.05) is 48.9 Å². The van der Waals surface area contributed by atoms with E-state index in [-0.39, 0.29) is 12.5 Å². The summed E-state index contributed by atoms with van der Waals surface area (Å²) in [7, 11) is 0. The molecule has 0 bridgehead atoms. The lowest BCUT2D eigenvalue weighted by Gasteiger charge is -2.22. The van der Waals surface area contributed by atoms with Crippen molar-refractivity contribution in [1.29, 1.82) is 0 Å². The van der Waals surface area contributed by atoms with Crippen LogP contribution >= 0.6 is 0 Å². The van der Waals surface area contributed by atoms with Crippen molar-refractivity contribution in [3.05, 3.63) is 88.2 Å². The minimum absolute atomic E-state index is 0.247. The number of nitrogens with one attached hydrogen (secondary N) is 2. The number of rotatable bonds is 8. The van der Waals surface area contributed by atoms with Crippen molar-refractivity contribution in [3.8, 4) is 0 Å². The van der Waals surface area contributed by atoms with Crippen LogP contribution in [0.3, 0.4) is 0 Å². The maximum atomic E-state index is 13.9. The van der Waals surface area contributed by atoms with E-state index in [0.717, 1.165) is 34.6 Å². The van der Waals surface area contributed by atoms with E-state index >= 15 is 0 Å². The summed E-state index contributed by atoms with van der Waals surface area (Å²) in [5, 5.41) is 9.74. The lowest BCUT2D eigenvalue weighted by molar-refractivity contribution is -0.124. The number of nitrogens with zero attached hydrogens (tertiary/aromatic N) is 2. The van der Waals surface area contributed by atoms with Gasteiger partial charge in [0.15, 0.2) is 0 Å². The third-order valence-electron chi connectivity index (χ3n) is 5.32. The normalized spacial score (nSPS) is 12.0. The molecule has 3 rings (SSSR count). The molecular weight excluding hydrogens is 426 g/mol. The fraction of sp³-hybridized carbons (Fsp3) is 0.320. The molecule has 6 nitrogen and oxygen atoms in total. The second-order valence-electron chi connectivity index (χ2n) is 8.41. The van der Waals surface area contributed by atoms with E-state index in [0.29, 0.717) is 6.54 Å². The maximum absolute atomic E-state index is 13.9. The molecule has 1 atom stereocenters. The van der Waals surface area contributed by atoms with Crippen LogP contribution in [0.15, 0.2) is 48.5 Å². The Kier molecular flexibility index (Phi) is 7.58. The van der Waals surface area contributed by atoms with Gasteiger partial charge in [0, 0.05) is 12.2 Å². The van der Waals surface area contributed by atoms with Gasteiger partial charge >= 0.3 is 0 Å². The number of halogens is 2. The SMILES string of the molecule is Cc1cc(C)n(Cc2cccc(CNC(=O)[C@@H](NC(=O)c3c(F)cccc3F)C(C)C)c2)n1. The summed E-state index contributed by atoms with van der Waals surface area (Å²) in [6.07, 6.45) is 0. The second-order valence-corrected chi connectivity index (χ2v) is 8.41. The van der Waals surface area contributed by atoms with E-state index in [1.165, 1.54) is 6.07 Å². The standard InChI is InChI=1S/C25H28F2N4O2/c1-15(2)23(29-24(32)22-20(26)9-6-10-21(22)27)25(33)28-13-18-7-5-8-19(12-18)14-31-17(4)11-16(3)30-31/h5-12,15,23H,13-14H2,1-4H3,(H,28,33)(H,29,32)/t23-/m0/s1. The highest BCUT2D eigenvalue weighted by Gasteiger charge is 2.27. The van der Waals surface area contributed by atoms with Crippen molar-refractivity contribution >= 4 is 11.8 Å². The molecule has 0 saturated heterocycles. The molecule has 0 aliphatic heterocycles. The smallest absolute Gasteiger partial charge is 0.257 e. The summed E-state index contributed by atoms with van der Waals surface area (Å²) in [6.45, 7) is 8.29. The number of hydrogen-bond donors (Lipinski definition) is 2. The van der Waals surface area contributed by atoms with Crippen LogP contribution in [0.1, 0.15) is 46.7 Å². The van der Waals surface area contributed by atoms with Gasteiger partial charge in [-0.15, -0.1) is 0 Å². The van der Waals surface area contributed by atoms with Crippen LogP contribution in [0.25, 0.3) is 0 Å². The van der Waals surface area contributed by atoms with Crippen LogP contribution in [0, 0.1) is 31.4 Å². The zero-order valence-corrected chi connectivity index (χ0v) is 19.2. The Labute approximate surface area is 192 Å². The topological polar surface area (TPSA) is 76.0 Å². The van der Waals surface area contributed by atoms with Crippen LogP contribution in [0.4, 0.5) is 8.78 Å². The molecule has 1 heterocycles. The Morgan fingerprint density at radius 1 is 1.00 bits per heavy atom. The van der Waals surface area contributed by atoms with Crippen molar-refractivity contribution in [2.45, 2.75) is 46.8 Å². The Morgan fingerprint density at radius 3 is 2.24 bits per heavy atom. The molecule has 0 spiro atoms. The number of carbonyl (C=O) groups excluding carboxylic acids is 2. The first-order chi connectivity index (χ1) is 15.7. The zero-order chi connectivity index (χ0) is 24.1. The van der Waals surface area contributed by atoms with Gasteiger partial charge in [0.1, 0.15) is 23.2 Å². The van der Waals surface area contributed by atoms with Gasteiger partial charge in [-0.25, -0.2) is 8.78 Å². The molecule has 0 aliphatic rings. The van der Waals surface area contributed by atoms with E-state index in [1.54, 1.807) is 13.8 Å². The molecule has 2 amide bonds. The third kappa shape index (κ3) is 6.03. The highest BCUT2D eigenvalue weighted by molar-refractivity contribution is 5.98. The molecule has 0 saturated carbocycles. The first-order valence-corrected chi connectivity index (χ1v) is 10.8. The highest BCUT2D eigenvalue weighted by atomic mass is 19.1. The molecular formula is C25H28F2N4O2. The number of amides is 2. The van der Waals surface area contributed by atoms with Crippen LogP contribution in [0.2, 0.25) is 0 Å². The number of hydrogen-bond acceptors (Lipinski definition) is 3. The van der Waals surface area contributed by atoms with Crippen molar-refractivity contribution in [1.82, 2.24) is 20.4 Å². The van der Waals surface area contributed by atoms with Crippen LogP contribution in [-0.4, -0.2) is 27.6 Å². The zero-order valence-electron chi connectivity index (χ0n) is 19.2. The number of aryl methyl sites for hydroxylation is 2. The summed E-state index contributed by atoms with van der Waals surface area (Å²) in [5.41, 5.74) is 3.24. The van der Waals surface area contributed by atoms with Gasteiger partial charge < -0.3 is 10.6 Å². The molecule has 0 radical (unpaired) electrons. The number of aromatic nitrogens is 2. The fourth-order valence-corrected chi connectivity index (χ4v) is 3.61. The van der Waals surface area contributed by atoms with E-state index in [9.17, 15) is 18.4 Å². The van der Waals surface area contributed by atoms with Gasteiger partial charge in [-0.2, -0.15) is 5.10 Å². The minimum atomic E-state index is -0.977. The van der Waals surface area contributed by atoms with Crippen molar-refractivity contribution < 1.29 is 18.4 Å². The van der Waals surface area contributed by atoms with Gasteiger partial charge in [0.2, 0.25) is 5.91 Å². The first-order valence-electron chi connectivity index (χ1n) is 10.8. The van der Waals surface area contributed by atoms with Crippen molar-refractivity contribution in [3.63, 3.8) is 0 Å². The summed E-state index contributed by atoms with van der Waals surface area (Å²) in [6, 6.07) is 12.0. The second kappa shape index (κ2) is 10.4. The van der Waals surface area contributed by atoms with E-state index in [2.05, 4.69) is 15.7 Å². The number of benzene rings is 2. The Hall–Kier alpha value is -3.55. The molecule has 33 heavy (non-hydrogen) atoms. The number of carbonyl (C=O) groups is 2. The predicted octanol–water partition coefficient (Wildman–Crippen LogP) is 3.90. The molecule has 0 unspecified atom stereocenters. The molecule has 2 N–H and O–H groups in total. The fourth-order valence-electron chi connectivity index (χ4n) is 3.61. The van der Waals surface area contributed by atoms with Gasteiger partial charge in [-0.05, 0) is 49.1 Å². The summed E-state index contributed by atoms with van der Waals surface area (Å²) in [4.78, 5) is 25.2. The summed E-state index contributed by atoms with van der Waals surface area (Å²) < 4.78 is 29.8. The maximum Gasteiger partial charge on any atom is 0.257 e. The van der Waals surface area contributed by atoms with Crippen LogP contribution < -0.4 is 10.6 Å². The largest absolute Gasteiger partial charge is 0.350 e. The lowest BCUT2D eigenvalue weighted by Crippen LogP contribution is -2.49. The van der Waals surface area contributed by atoms with E-state index in [4.69, 9.17) is 0 Å². The molecule has 3 aromatic rings. The Morgan fingerprint density at radius 2 is 1.64 bits per heavy atom. The lowest BCUT2D eigenvalue weighted by atomic mass is 10.0. The van der Waals surface area contributed by atoms with Crippen LogP contribution in [0.5, 0.6) is 0 Å². The van der Waals surface area contributed by atoms with Gasteiger partial charge in [0.25, 0.3) is 5.91 Å². The average Bonchev–Trinajstić information content (AvgIpc) is 3.06.